The lowest BCUT2D eigenvalue weighted by Gasteiger charge is -2.32. The molecule has 6 nitrogen and oxygen atoms in total. The van der Waals surface area contributed by atoms with Crippen molar-refractivity contribution in [3.63, 3.8) is 0 Å². The van der Waals surface area contributed by atoms with Crippen LogP contribution in [-0.2, 0) is 16.2 Å². The Kier molecular flexibility index (Phi) is 4.52. The molecule has 0 aromatic carbocycles. The summed E-state index contributed by atoms with van der Waals surface area (Å²) in [5.74, 6) is -0.609. The molecule has 1 aliphatic rings. The van der Waals surface area contributed by atoms with Crippen LogP contribution in [0.3, 0.4) is 0 Å². The highest BCUT2D eigenvalue weighted by Gasteiger charge is 2.35. The minimum absolute atomic E-state index is 0.0332. The van der Waals surface area contributed by atoms with Gasteiger partial charge in [0.25, 0.3) is 5.91 Å². The third-order valence-corrected chi connectivity index (χ3v) is 5.46. The molecule has 2 rings (SSSR count). The number of aromatic nitrogens is 1. The Morgan fingerprint density at radius 2 is 2.14 bits per heavy atom. The summed E-state index contributed by atoms with van der Waals surface area (Å²) in [4.78, 5) is 15.5. The molecule has 124 valence electrons. The fraction of sp³-hybridized carbons (Fsp3) is 0.583. The third-order valence-electron chi connectivity index (χ3n) is 3.62. The van der Waals surface area contributed by atoms with E-state index in [0.29, 0.717) is 19.4 Å². The van der Waals surface area contributed by atoms with Gasteiger partial charge >= 0.3 is 6.18 Å². The topological polar surface area (TPSA) is 82.3 Å². The standard InChI is InChI=1S/C12H16F3N3O3S/c1-16-22(20,21)9-3-2-4-18(7-9)11(19)8-5-10(17-6-8)12(13,14)15/h5-6,9,16-17H,2-4,7H2,1H3. The minimum Gasteiger partial charge on any atom is -0.357 e. The van der Waals surface area contributed by atoms with Gasteiger partial charge in [0.1, 0.15) is 5.69 Å². The molecular formula is C12H16F3N3O3S. The molecule has 1 aliphatic heterocycles. The van der Waals surface area contributed by atoms with Gasteiger partial charge in [-0.25, -0.2) is 13.1 Å². The monoisotopic (exact) mass is 339 g/mol. The molecule has 1 aromatic rings. The summed E-state index contributed by atoms with van der Waals surface area (Å²) < 4.78 is 63.4. The van der Waals surface area contributed by atoms with E-state index in [0.717, 1.165) is 12.3 Å². The van der Waals surface area contributed by atoms with E-state index in [1.165, 1.54) is 11.9 Å². The number of sulfonamides is 1. The predicted octanol–water partition coefficient (Wildman–Crippen LogP) is 1.19. The molecule has 1 unspecified atom stereocenters. The summed E-state index contributed by atoms with van der Waals surface area (Å²) in [5.41, 5.74) is -1.14. The fourth-order valence-electron chi connectivity index (χ4n) is 2.41. The van der Waals surface area contributed by atoms with Crippen LogP contribution in [-0.4, -0.2) is 49.6 Å². The van der Waals surface area contributed by atoms with Crippen molar-refractivity contribution >= 4 is 15.9 Å². The quantitative estimate of drug-likeness (QED) is 0.868. The fourth-order valence-corrected chi connectivity index (χ4v) is 3.59. The van der Waals surface area contributed by atoms with E-state index in [-0.39, 0.29) is 12.1 Å². The van der Waals surface area contributed by atoms with Gasteiger partial charge in [0.05, 0.1) is 10.8 Å². The van der Waals surface area contributed by atoms with Crippen LogP contribution in [0.25, 0.3) is 0 Å². The average Bonchev–Trinajstić information content (AvgIpc) is 2.96. The van der Waals surface area contributed by atoms with Gasteiger partial charge in [-0.15, -0.1) is 0 Å². The first-order valence-corrected chi connectivity index (χ1v) is 8.17. The average molecular weight is 339 g/mol. The Bertz CT molecular complexity index is 654. The first-order valence-electron chi connectivity index (χ1n) is 6.62. The maximum Gasteiger partial charge on any atom is 0.431 e. The van der Waals surface area contributed by atoms with Crippen molar-refractivity contribution in [1.29, 1.82) is 0 Å². The lowest BCUT2D eigenvalue weighted by Crippen LogP contribution is -2.47. The van der Waals surface area contributed by atoms with E-state index in [4.69, 9.17) is 0 Å². The van der Waals surface area contributed by atoms with Crippen molar-refractivity contribution in [3.05, 3.63) is 23.5 Å². The molecule has 0 saturated carbocycles. The number of hydrogen-bond donors (Lipinski definition) is 2. The number of likely N-dealkylation sites (tertiary alicyclic amines) is 1. The second-order valence-corrected chi connectivity index (χ2v) is 7.23. The molecule has 10 heteroatoms. The van der Waals surface area contributed by atoms with Crippen LogP contribution in [0, 0.1) is 0 Å². The third kappa shape index (κ3) is 3.43. The van der Waals surface area contributed by atoms with Crippen molar-refractivity contribution in [2.45, 2.75) is 24.3 Å². The van der Waals surface area contributed by atoms with E-state index >= 15 is 0 Å². The van der Waals surface area contributed by atoms with E-state index in [1.54, 1.807) is 0 Å². The van der Waals surface area contributed by atoms with Crippen LogP contribution in [0.2, 0.25) is 0 Å². The van der Waals surface area contributed by atoms with Gasteiger partial charge in [-0.05, 0) is 26.0 Å². The number of amides is 1. The molecule has 22 heavy (non-hydrogen) atoms. The van der Waals surface area contributed by atoms with Crippen LogP contribution in [0.5, 0.6) is 0 Å². The molecule has 0 radical (unpaired) electrons. The summed E-state index contributed by atoms with van der Waals surface area (Å²) in [6, 6.07) is 0.735. The van der Waals surface area contributed by atoms with Gasteiger partial charge in [0, 0.05) is 19.3 Å². The molecule has 0 aliphatic carbocycles. The van der Waals surface area contributed by atoms with Gasteiger partial charge in [-0.1, -0.05) is 0 Å². The van der Waals surface area contributed by atoms with Gasteiger partial charge in [0.2, 0.25) is 10.0 Å². The molecule has 2 N–H and O–H groups in total. The number of carbonyl (C=O) groups excluding carboxylic acids is 1. The number of carbonyl (C=O) groups is 1. The zero-order valence-electron chi connectivity index (χ0n) is 11.8. The first kappa shape index (κ1) is 16.8. The second kappa shape index (κ2) is 5.92. The SMILES string of the molecule is CNS(=O)(=O)C1CCCN(C(=O)c2c[nH]c(C(F)(F)F)c2)C1. The molecule has 1 aromatic heterocycles. The number of alkyl halides is 3. The number of aromatic amines is 1. The van der Waals surface area contributed by atoms with E-state index in [9.17, 15) is 26.4 Å². The largest absolute Gasteiger partial charge is 0.431 e. The number of nitrogens with one attached hydrogen (secondary N) is 2. The molecule has 0 bridgehead atoms. The molecular weight excluding hydrogens is 323 g/mol. The van der Waals surface area contributed by atoms with Crippen molar-refractivity contribution < 1.29 is 26.4 Å². The summed E-state index contributed by atoms with van der Waals surface area (Å²) in [7, 11) is -2.23. The lowest BCUT2D eigenvalue weighted by atomic mass is 10.1. The Morgan fingerprint density at radius 1 is 1.45 bits per heavy atom. The van der Waals surface area contributed by atoms with Crippen LogP contribution in [0.1, 0.15) is 28.9 Å². The maximum atomic E-state index is 12.5. The normalized spacial score (nSPS) is 20.2. The van der Waals surface area contributed by atoms with Crippen molar-refractivity contribution in [1.82, 2.24) is 14.6 Å². The second-order valence-electron chi connectivity index (χ2n) is 5.06. The van der Waals surface area contributed by atoms with Crippen LogP contribution in [0.15, 0.2) is 12.3 Å². The molecule has 1 atom stereocenters. The van der Waals surface area contributed by atoms with Gasteiger partial charge in [-0.2, -0.15) is 13.2 Å². The Hall–Kier alpha value is -1.55. The van der Waals surface area contributed by atoms with Crippen LogP contribution >= 0.6 is 0 Å². The Balaban J connectivity index is 2.14. The molecule has 1 amide bonds. The zero-order valence-corrected chi connectivity index (χ0v) is 12.6. The van der Waals surface area contributed by atoms with Crippen LogP contribution in [0.4, 0.5) is 13.2 Å². The molecule has 1 fully saturated rings. The summed E-state index contributed by atoms with van der Waals surface area (Å²) in [5, 5.41) is -0.753. The zero-order chi connectivity index (χ0) is 16.5. The van der Waals surface area contributed by atoms with Crippen LogP contribution < -0.4 is 4.72 Å². The summed E-state index contributed by atoms with van der Waals surface area (Å²) in [6.45, 7) is 0.287. The van der Waals surface area contributed by atoms with Gasteiger partial charge < -0.3 is 9.88 Å². The number of H-pyrrole nitrogens is 1. The Labute approximate surface area is 125 Å². The number of rotatable bonds is 3. The lowest BCUT2D eigenvalue weighted by molar-refractivity contribution is -0.140. The first-order chi connectivity index (χ1) is 10.1. The van der Waals surface area contributed by atoms with E-state index in [2.05, 4.69) is 4.72 Å². The molecule has 1 saturated heterocycles. The molecule has 0 spiro atoms. The van der Waals surface area contributed by atoms with Gasteiger partial charge in [0.15, 0.2) is 0 Å². The van der Waals surface area contributed by atoms with E-state index in [1.807, 2.05) is 4.98 Å². The van der Waals surface area contributed by atoms with Crippen molar-refractivity contribution in [2.75, 3.05) is 20.1 Å². The summed E-state index contributed by atoms with van der Waals surface area (Å²) >= 11 is 0. The van der Waals surface area contributed by atoms with Gasteiger partial charge in [-0.3, -0.25) is 4.79 Å². The summed E-state index contributed by atoms with van der Waals surface area (Å²) in [6.07, 6.45) is -2.68. The number of hydrogen-bond acceptors (Lipinski definition) is 3. The Morgan fingerprint density at radius 3 is 2.68 bits per heavy atom. The van der Waals surface area contributed by atoms with E-state index < -0.39 is 33.1 Å². The van der Waals surface area contributed by atoms with Crippen molar-refractivity contribution in [3.8, 4) is 0 Å². The number of piperidine rings is 1. The highest BCUT2D eigenvalue weighted by atomic mass is 32.2. The van der Waals surface area contributed by atoms with Crippen molar-refractivity contribution in [2.24, 2.45) is 0 Å². The highest BCUT2D eigenvalue weighted by molar-refractivity contribution is 7.90. The predicted molar refractivity (Wildman–Crippen MR) is 72.7 cm³/mol. The molecule has 2 heterocycles. The number of halogens is 3. The maximum absolute atomic E-state index is 12.5. The smallest absolute Gasteiger partial charge is 0.357 e. The minimum atomic E-state index is -4.56. The number of nitrogens with zero attached hydrogens (tertiary/aromatic N) is 1. The highest BCUT2D eigenvalue weighted by Crippen LogP contribution is 2.29.